The lowest BCUT2D eigenvalue weighted by atomic mass is 9.81. The summed E-state index contributed by atoms with van der Waals surface area (Å²) in [5, 5.41) is 10.8. The average Bonchev–Trinajstić information content (AvgIpc) is 2.66. The maximum Gasteiger partial charge on any atom is 0.389 e. The highest BCUT2D eigenvalue weighted by molar-refractivity contribution is 6.24. The summed E-state index contributed by atoms with van der Waals surface area (Å²) in [6.07, 6.45) is 1.60. The van der Waals surface area contributed by atoms with E-state index in [-0.39, 0.29) is 18.0 Å². The Morgan fingerprint density at radius 3 is 1.79 bits per heavy atom. The SMILES string of the molecule is C=C[C@@](O)(CCCCCCCCC(F)(F)F)CCC1=C(C)C(=O)C(C)=C(C)C1=O. The molecule has 0 amide bonds. The summed E-state index contributed by atoms with van der Waals surface area (Å²) in [7, 11) is 0. The van der Waals surface area contributed by atoms with Crippen LogP contribution in [0, 0.1) is 0 Å². The molecule has 0 aromatic carbocycles. The number of unbranched alkanes of at least 4 members (excludes halogenated alkanes) is 5. The van der Waals surface area contributed by atoms with Crippen LogP contribution in [-0.2, 0) is 9.59 Å². The zero-order valence-electron chi connectivity index (χ0n) is 17.8. The van der Waals surface area contributed by atoms with Crippen LogP contribution in [0.2, 0.25) is 0 Å². The summed E-state index contributed by atoms with van der Waals surface area (Å²) in [5.74, 6) is -0.255. The van der Waals surface area contributed by atoms with Crippen molar-refractivity contribution in [1.82, 2.24) is 0 Å². The molecule has 0 fully saturated rings. The predicted molar refractivity (Wildman–Crippen MR) is 108 cm³/mol. The van der Waals surface area contributed by atoms with Gasteiger partial charge >= 0.3 is 6.18 Å². The summed E-state index contributed by atoms with van der Waals surface area (Å²) < 4.78 is 36.3. The van der Waals surface area contributed by atoms with E-state index >= 15 is 0 Å². The van der Waals surface area contributed by atoms with E-state index < -0.39 is 18.2 Å². The van der Waals surface area contributed by atoms with Crippen LogP contribution in [0.15, 0.2) is 34.9 Å². The number of hydrogen-bond donors (Lipinski definition) is 1. The predicted octanol–water partition coefficient (Wildman–Crippen LogP) is 6.17. The molecule has 0 aromatic heterocycles. The molecule has 29 heavy (non-hydrogen) atoms. The molecule has 1 N–H and O–H groups in total. The van der Waals surface area contributed by atoms with E-state index in [0.717, 1.165) is 25.7 Å². The lowest BCUT2D eigenvalue weighted by Gasteiger charge is -2.26. The van der Waals surface area contributed by atoms with Crippen LogP contribution in [0.4, 0.5) is 13.2 Å². The number of carbonyl (C=O) groups is 2. The lowest BCUT2D eigenvalue weighted by Crippen LogP contribution is -2.28. The van der Waals surface area contributed by atoms with E-state index in [1.165, 1.54) is 6.08 Å². The molecule has 6 heteroatoms. The molecule has 1 aliphatic rings. The molecule has 0 bridgehead atoms. The lowest BCUT2D eigenvalue weighted by molar-refractivity contribution is -0.135. The van der Waals surface area contributed by atoms with Crippen LogP contribution in [0.1, 0.15) is 85.0 Å². The molecule has 0 saturated carbocycles. The van der Waals surface area contributed by atoms with E-state index in [1.54, 1.807) is 20.8 Å². The summed E-state index contributed by atoms with van der Waals surface area (Å²) in [5.41, 5.74) is 0.719. The quantitative estimate of drug-likeness (QED) is 0.236. The first-order valence-electron chi connectivity index (χ1n) is 10.3. The first-order valence-corrected chi connectivity index (χ1v) is 10.3. The van der Waals surface area contributed by atoms with Crippen molar-refractivity contribution in [3.63, 3.8) is 0 Å². The molecule has 0 unspecified atom stereocenters. The van der Waals surface area contributed by atoms with Crippen LogP contribution in [-0.4, -0.2) is 28.5 Å². The van der Waals surface area contributed by atoms with Gasteiger partial charge in [-0.1, -0.05) is 38.2 Å². The van der Waals surface area contributed by atoms with Gasteiger partial charge in [0.2, 0.25) is 0 Å². The number of Topliss-reactive ketones (excluding diaryl/α,β-unsaturated/α-hetero) is 2. The third-order valence-corrected chi connectivity index (χ3v) is 5.82. The van der Waals surface area contributed by atoms with Crippen molar-refractivity contribution < 1.29 is 27.9 Å². The zero-order valence-corrected chi connectivity index (χ0v) is 17.8. The summed E-state index contributed by atoms with van der Waals surface area (Å²) in [4.78, 5) is 24.7. The summed E-state index contributed by atoms with van der Waals surface area (Å²) in [6, 6.07) is 0. The third kappa shape index (κ3) is 7.92. The topological polar surface area (TPSA) is 54.4 Å². The molecule has 0 spiro atoms. The van der Waals surface area contributed by atoms with Gasteiger partial charge in [0.25, 0.3) is 0 Å². The molecule has 1 aliphatic carbocycles. The van der Waals surface area contributed by atoms with Crippen molar-refractivity contribution in [3.05, 3.63) is 34.9 Å². The standard InChI is InChI=1S/C23H33F3O3/c1-5-22(29,13-10-8-6-7-9-11-14-23(24,25)26)15-12-19-18(4)20(27)16(2)17(3)21(19)28/h5,29H,1,6-15H2,2-4H3/t22-/m1/s1. The molecule has 0 saturated heterocycles. The maximum absolute atomic E-state index is 12.5. The second-order valence-electron chi connectivity index (χ2n) is 8.06. The first-order chi connectivity index (χ1) is 13.4. The molecule has 0 heterocycles. The molecule has 1 rings (SSSR count). The average molecular weight is 415 g/mol. The zero-order chi connectivity index (χ0) is 22.2. The van der Waals surface area contributed by atoms with Gasteiger partial charge in [-0.15, -0.1) is 6.58 Å². The van der Waals surface area contributed by atoms with E-state index in [4.69, 9.17) is 0 Å². The Balaban J connectivity index is 2.43. The minimum absolute atomic E-state index is 0.121. The molecule has 1 atom stereocenters. The van der Waals surface area contributed by atoms with Crippen molar-refractivity contribution in [2.45, 2.75) is 96.8 Å². The number of ketones is 2. The van der Waals surface area contributed by atoms with E-state index in [2.05, 4.69) is 6.58 Å². The smallest absolute Gasteiger partial charge is 0.386 e. The van der Waals surface area contributed by atoms with Crippen LogP contribution in [0.5, 0.6) is 0 Å². The van der Waals surface area contributed by atoms with Crippen molar-refractivity contribution in [2.24, 2.45) is 0 Å². The number of carbonyl (C=O) groups excluding carboxylic acids is 2. The largest absolute Gasteiger partial charge is 0.389 e. The van der Waals surface area contributed by atoms with Gasteiger partial charge in [0.1, 0.15) is 0 Å². The van der Waals surface area contributed by atoms with Crippen molar-refractivity contribution in [1.29, 1.82) is 0 Å². The molecule has 3 nitrogen and oxygen atoms in total. The number of allylic oxidation sites excluding steroid dienone is 4. The molecule has 0 radical (unpaired) electrons. The monoisotopic (exact) mass is 414 g/mol. The summed E-state index contributed by atoms with van der Waals surface area (Å²) >= 11 is 0. The number of hydrogen-bond acceptors (Lipinski definition) is 3. The Bertz CT molecular complexity index is 686. The van der Waals surface area contributed by atoms with Gasteiger partial charge in [-0.25, -0.2) is 0 Å². The van der Waals surface area contributed by atoms with E-state index in [1.807, 2.05) is 0 Å². The Hall–Kier alpha value is -1.69. The Morgan fingerprint density at radius 1 is 0.793 bits per heavy atom. The fraction of sp³-hybridized carbons (Fsp3) is 0.652. The van der Waals surface area contributed by atoms with Crippen LogP contribution >= 0.6 is 0 Å². The van der Waals surface area contributed by atoms with Crippen molar-refractivity contribution >= 4 is 11.6 Å². The van der Waals surface area contributed by atoms with Crippen molar-refractivity contribution in [3.8, 4) is 0 Å². The molecular weight excluding hydrogens is 381 g/mol. The third-order valence-electron chi connectivity index (χ3n) is 5.82. The second-order valence-corrected chi connectivity index (χ2v) is 8.06. The van der Waals surface area contributed by atoms with E-state index in [9.17, 15) is 27.9 Å². The summed E-state index contributed by atoms with van der Waals surface area (Å²) in [6.45, 7) is 8.66. The highest BCUT2D eigenvalue weighted by Crippen LogP contribution is 2.31. The van der Waals surface area contributed by atoms with Gasteiger partial charge in [-0.3, -0.25) is 9.59 Å². The number of alkyl halides is 3. The Labute approximate surface area is 171 Å². The minimum atomic E-state index is -4.08. The van der Waals surface area contributed by atoms with Crippen LogP contribution < -0.4 is 0 Å². The molecule has 164 valence electrons. The maximum atomic E-state index is 12.5. The minimum Gasteiger partial charge on any atom is -0.386 e. The second kappa shape index (κ2) is 10.9. The normalized spacial score (nSPS) is 17.8. The number of aliphatic hydroxyl groups is 1. The highest BCUT2D eigenvalue weighted by Gasteiger charge is 2.30. The van der Waals surface area contributed by atoms with Gasteiger partial charge in [0.15, 0.2) is 11.6 Å². The van der Waals surface area contributed by atoms with Gasteiger partial charge in [-0.05, 0) is 46.5 Å². The fourth-order valence-corrected chi connectivity index (χ4v) is 3.59. The van der Waals surface area contributed by atoms with Gasteiger partial charge in [-0.2, -0.15) is 13.2 Å². The number of rotatable bonds is 12. The molecule has 0 aromatic rings. The Kier molecular flexibility index (Phi) is 9.53. The van der Waals surface area contributed by atoms with Gasteiger partial charge in [0.05, 0.1) is 5.60 Å². The first kappa shape index (κ1) is 25.3. The van der Waals surface area contributed by atoms with Crippen LogP contribution in [0.25, 0.3) is 0 Å². The van der Waals surface area contributed by atoms with Gasteiger partial charge < -0.3 is 5.11 Å². The Morgan fingerprint density at radius 2 is 1.28 bits per heavy atom. The van der Waals surface area contributed by atoms with Gasteiger partial charge in [0, 0.05) is 28.7 Å². The molecule has 0 aliphatic heterocycles. The van der Waals surface area contributed by atoms with Crippen LogP contribution in [0.3, 0.4) is 0 Å². The fourth-order valence-electron chi connectivity index (χ4n) is 3.59. The van der Waals surface area contributed by atoms with Crippen molar-refractivity contribution in [2.75, 3.05) is 0 Å². The van der Waals surface area contributed by atoms with E-state index in [0.29, 0.717) is 48.0 Å². The molecular formula is C23H33F3O3. The highest BCUT2D eigenvalue weighted by atomic mass is 19.4. The number of halogens is 3.